The van der Waals surface area contributed by atoms with E-state index >= 15 is 0 Å². The van der Waals surface area contributed by atoms with Crippen molar-refractivity contribution < 1.29 is 5.11 Å². The Morgan fingerprint density at radius 2 is 1.29 bits per heavy atom. The Morgan fingerprint density at radius 3 is 1.79 bits per heavy atom. The molecule has 0 atom stereocenters. The van der Waals surface area contributed by atoms with Gasteiger partial charge in [-0.2, -0.15) is 0 Å². The van der Waals surface area contributed by atoms with Gasteiger partial charge in [0.2, 0.25) is 0 Å². The summed E-state index contributed by atoms with van der Waals surface area (Å²) in [6.45, 7) is 0.121. The molecule has 124 valence electrons. The van der Waals surface area contributed by atoms with Gasteiger partial charge in [-0.1, -0.05) is 47.8 Å². The van der Waals surface area contributed by atoms with Gasteiger partial charge in [-0.05, 0) is 69.1 Å². The number of hydrogen-bond donors (Lipinski definition) is 1. The monoisotopic (exact) mass is 546 g/mol. The minimum absolute atomic E-state index is 0.121. The van der Waals surface area contributed by atoms with Crippen molar-refractivity contribution in [3.05, 3.63) is 67.2 Å². The SMILES string of the molecule is BrCc1csc2ccc(Br)cc12.OCc1csc2ccc(Br)cc12. The number of fused-ring (bicyclic) bond motifs is 2. The van der Waals surface area contributed by atoms with E-state index in [1.54, 1.807) is 22.7 Å². The van der Waals surface area contributed by atoms with E-state index < -0.39 is 0 Å². The lowest BCUT2D eigenvalue weighted by molar-refractivity contribution is 0.284. The standard InChI is InChI=1S/C9H6Br2S.C9H7BrOS/c10-4-6-5-12-9-2-1-7(11)3-8(6)9;10-7-1-2-9-8(3-7)6(4-11)5-12-9/h1-3,5H,4H2;1-3,5,11H,4H2. The van der Waals surface area contributed by atoms with Crippen molar-refractivity contribution in [3.63, 3.8) is 0 Å². The first-order valence-corrected chi connectivity index (χ1v) is 11.6. The molecule has 0 spiro atoms. The summed E-state index contributed by atoms with van der Waals surface area (Å²) in [5, 5.41) is 16.6. The molecule has 0 aliphatic carbocycles. The number of rotatable bonds is 2. The zero-order valence-electron chi connectivity index (χ0n) is 12.4. The van der Waals surface area contributed by atoms with Crippen molar-refractivity contribution in [1.82, 2.24) is 0 Å². The van der Waals surface area contributed by atoms with Gasteiger partial charge in [-0.25, -0.2) is 0 Å². The van der Waals surface area contributed by atoms with Gasteiger partial charge in [0, 0.05) is 23.7 Å². The Morgan fingerprint density at radius 1 is 0.792 bits per heavy atom. The van der Waals surface area contributed by atoms with Crippen LogP contribution in [0, 0.1) is 0 Å². The lowest BCUT2D eigenvalue weighted by atomic mass is 10.2. The second-order valence-electron chi connectivity index (χ2n) is 5.09. The molecular weight excluding hydrogens is 536 g/mol. The zero-order chi connectivity index (χ0) is 17.1. The van der Waals surface area contributed by atoms with E-state index in [0.717, 1.165) is 25.2 Å². The molecule has 24 heavy (non-hydrogen) atoms. The van der Waals surface area contributed by atoms with Gasteiger partial charge < -0.3 is 5.11 Å². The Hall–Kier alpha value is -0.240. The molecule has 0 fully saturated rings. The second-order valence-corrected chi connectivity index (χ2v) is 9.31. The molecule has 2 heterocycles. The van der Waals surface area contributed by atoms with Crippen molar-refractivity contribution in [2.75, 3.05) is 0 Å². The van der Waals surface area contributed by atoms with Crippen molar-refractivity contribution in [3.8, 4) is 0 Å². The molecule has 0 saturated heterocycles. The van der Waals surface area contributed by atoms with Gasteiger partial charge in [0.15, 0.2) is 0 Å². The molecule has 0 bridgehead atoms. The first-order chi connectivity index (χ1) is 11.6. The number of aliphatic hydroxyl groups is 1. The van der Waals surface area contributed by atoms with E-state index in [-0.39, 0.29) is 6.61 Å². The van der Waals surface area contributed by atoms with E-state index in [2.05, 4.69) is 77.4 Å². The minimum Gasteiger partial charge on any atom is -0.392 e. The van der Waals surface area contributed by atoms with E-state index in [4.69, 9.17) is 5.11 Å². The third kappa shape index (κ3) is 4.11. The molecule has 2 aromatic heterocycles. The van der Waals surface area contributed by atoms with Crippen molar-refractivity contribution in [2.45, 2.75) is 11.9 Å². The highest BCUT2D eigenvalue weighted by Gasteiger charge is 2.03. The maximum absolute atomic E-state index is 9.01. The molecule has 1 N–H and O–H groups in total. The fraction of sp³-hybridized carbons (Fsp3) is 0.111. The summed E-state index contributed by atoms with van der Waals surface area (Å²) in [5.41, 5.74) is 2.38. The van der Waals surface area contributed by atoms with Crippen LogP contribution in [0.2, 0.25) is 0 Å². The van der Waals surface area contributed by atoms with Gasteiger partial charge in [-0.3, -0.25) is 0 Å². The summed E-state index contributed by atoms with van der Waals surface area (Å²) in [6.07, 6.45) is 0. The average Bonchev–Trinajstić information content (AvgIpc) is 3.17. The second kappa shape index (κ2) is 8.43. The van der Waals surface area contributed by atoms with Crippen LogP contribution < -0.4 is 0 Å². The molecular formula is C18H13Br3OS2. The van der Waals surface area contributed by atoms with Crippen molar-refractivity contribution >= 4 is 90.6 Å². The predicted molar refractivity (Wildman–Crippen MR) is 118 cm³/mol. The number of thiophene rings is 2. The Bertz CT molecular complexity index is 895. The summed E-state index contributed by atoms with van der Waals surface area (Å²) in [6, 6.07) is 12.5. The van der Waals surface area contributed by atoms with Crippen LogP contribution in [0.15, 0.2) is 56.1 Å². The first kappa shape index (κ1) is 18.5. The van der Waals surface area contributed by atoms with Gasteiger partial charge in [0.25, 0.3) is 0 Å². The molecule has 6 heteroatoms. The Kier molecular flexibility index (Phi) is 6.51. The fourth-order valence-electron chi connectivity index (χ4n) is 2.33. The molecule has 2 aromatic carbocycles. The molecule has 0 radical (unpaired) electrons. The normalized spacial score (nSPS) is 10.8. The third-order valence-electron chi connectivity index (χ3n) is 3.55. The molecule has 1 nitrogen and oxygen atoms in total. The molecule has 0 aliphatic heterocycles. The van der Waals surface area contributed by atoms with Crippen LogP contribution >= 0.6 is 70.5 Å². The smallest absolute Gasteiger partial charge is 0.0696 e. The largest absolute Gasteiger partial charge is 0.392 e. The first-order valence-electron chi connectivity index (χ1n) is 7.10. The zero-order valence-corrected chi connectivity index (χ0v) is 18.8. The number of benzene rings is 2. The summed E-state index contributed by atoms with van der Waals surface area (Å²) in [4.78, 5) is 0. The Labute approximate surface area is 173 Å². The Balaban J connectivity index is 0.000000141. The summed E-state index contributed by atoms with van der Waals surface area (Å²) in [7, 11) is 0. The van der Waals surface area contributed by atoms with Gasteiger partial charge in [0.1, 0.15) is 0 Å². The van der Waals surface area contributed by atoms with E-state index in [9.17, 15) is 0 Å². The predicted octanol–water partition coefficient (Wildman–Crippen LogP) is 7.71. The molecule has 0 unspecified atom stereocenters. The molecule has 4 rings (SSSR count). The van der Waals surface area contributed by atoms with Crippen LogP contribution in [0.3, 0.4) is 0 Å². The van der Waals surface area contributed by atoms with Crippen LogP contribution in [-0.4, -0.2) is 5.11 Å². The highest BCUT2D eigenvalue weighted by atomic mass is 79.9. The average molecular weight is 549 g/mol. The van der Waals surface area contributed by atoms with E-state index in [0.29, 0.717) is 0 Å². The number of aliphatic hydroxyl groups excluding tert-OH is 1. The van der Waals surface area contributed by atoms with Crippen molar-refractivity contribution in [2.24, 2.45) is 0 Å². The fourth-order valence-corrected chi connectivity index (χ4v) is 5.61. The van der Waals surface area contributed by atoms with Gasteiger partial charge in [-0.15, -0.1) is 22.7 Å². The summed E-state index contributed by atoms with van der Waals surface area (Å²) in [5.74, 6) is 0. The maximum Gasteiger partial charge on any atom is 0.0696 e. The van der Waals surface area contributed by atoms with Crippen LogP contribution in [0.4, 0.5) is 0 Å². The number of hydrogen-bond acceptors (Lipinski definition) is 3. The number of alkyl halides is 1. The maximum atomic E-state index is 9.01. The van der Waals surface area contributed by atoms with Gasteiger partial charge in [0.05, 0.1) is 6.61 Å². The highest BCUT2D eigenvalue weighted by molar-refractivity contribution is 9.10. The van der Waals surface area contributed by atoms with E-state index in [1.807, 2.05) is 17.5 Å². The third-order valence-corrected chi connectivity index (χ3v) is 7.16. The summed E-state index contributed by atoms with van der Waals surface area (Å²) < 4.78 is 4.79. The quantitative estimate of drug-likeness (QED) is 0.254. The molecule has 4 aromatic rings. The number of halogens is 3. The van der Waals surface area contributed by atoms with Crippen LogP contribution in [0.25, 0.3) is 20.2 Å². The topological polar surface area (TPSA) is 20.2 Å². The lowest BCUT2D eigenvalue weighted by Crippen LogP contribution is -1.77. The minimum atomic E-state index is 0.121. The molecule has 0 aliphatic rings. The molecule has 0 amide bonds. The van der Waals surface area contributed by atoms with Crippen LogP contribution in [-0.2, 0) is 11.9 Å². The summed E-state index contributed by atoms with van der Waals surface area (Å²) >= 11 is 13.8. The van der Waals surface area contributed by atoms with Crippen LogP contribution in [0.5, 0.6) is 0 Å². The highest BCUT2D eigenvalue weighted by Crippen LogP contribution is 2.30. The van der Waals surface area contributed by atoms with Gasteiger partial charge >= 0.3 is 0 Å². The lowest BCUT2D eigenvalue weighted by Gasteiger charge is -1.93. The van der Waals surface area contributed by atoms with Crippen LogP contribution in [0.1, 0.15) is 11.1 Å². The van der Waals surface area contributed by atoms with Crippen molar-refractivity contribution in [1.29, 1.82) is 0 Å². The van der Waals surface area contributed by atoms with E-state index in [1.165, 1.54) is 20.3 Å². The molecule has 0 saturated carbocycles.